The first-order valence-corrected chi connectivity index (χ1v) is 6.44. The summed E-state index contributed by atoms with van der Waals surface area (Å²) in [5.41, 5.74) is 0.708. The third kappa shape index (κ3) is 5.70. The van der Waals surface area contributed by atoms with E-state index in [4.69, 9.17) is 4.74 Å². The second-order valence-corrected chi connectivity index (χ2v) is 4.54. The fourth-order valence-corrected chi connectivity index (χ4v) is 1.59. The SMILES string of the molecule is CCNCc1cc(F)ccc1OCC(=O)NC(C)C. The lowest BCUT2D eigenvalue weighted by atomic mass is 10.2. The van der Waals surface area contributed by atoms with Gasteiger partial charge in [-0.05, 0) is 38.6 Å². The Kier molecular flexibility index (Phi) is 6.29. The van der Waals surface area contributed by atoms with Crippen molar-refractivity contribution in [2.45, 2.75) is 33.4 Å². The molecule has 0 saturated heterocycles. The van der Waals surface area contributed by atoms with Crippen molar-refractivity contribution in [1.29, 1.82) is 0 Å². The normalized spacial score (nSPS) is 10.6. The zero-order valence-corrected chi connectivity index (χ0v) is 11.6. The smallest absolute Gasteiger partial charge is 0.258 e. The summed E-state index contributed by atoms with van der Waals surface area (Å²) in [4.78, 5) is 11.5. The lowest BCUT2D eigenvalue weighted by Crippen LogP contribution is -2.34. The summed E-state index contributed by atoms with van der Waals surface area (Å²) in [5.74, 6) is 0.0295. The van der Waals surface area contributed by atoms with Crippen molar-refractivity contribution in [1.82, 2.24) is 10.6 Å². The number of nitrogens with one attached hydrogen (secondary N) is 2. The Morgan fingerprint density at radius 3 is 2.79 bits per heavy atom. The minimum Gasteiger partial charge on any atom is -0.483 e. The number of carbonyl (C=O) groups is 1. The van der Waals surface area contributed by atoms with Crippen molar-refractivity contribution in [2.24, 2.45) is 0 Å². The maximum absolute atomic E-state index is 13.2. The van der Waals surface area contributed by atoms with Crippen molar-refractivity contribution in [3.8, 4) is 5.75 Å². The highest BCUT2D eigenvalue weighted by atomic mass is 19.1. The van der Waals surface area contributed by atoms with Crippen LogP contribution in [0.2, 0.25) is 0 Å². The number of benzene rings is 1. The van der Waals surface area contributed by atoms with Crippen LogP contribution in [0.4, 0.5) is 4.39 Å². The predicted molar refractivity (Wildman–Crippen MR) is 72.6 cm³/mol. The minimum atomic E-state index is -0.313. The molecule has 0 atom stereocenters. The first-order chi connectivity index (χ1) is 9.02. The van der Waals surface area contributed by atoms with E-state index in [9.17, 15) is 9.18 Å². The average molecular weight is 268 g/mol. The van der Waals surface area contributed by atoms with E-state index >= 15 is 0 Å². The molecule has 0 aliphatic carbocycles. The van der Waals surface area contributed by atoms with E-state index < -0.39 is 0 Å². The van der Waals surface area contributed by atoms with Gasteiger partial charge in [-0.25, -0.2) is 4.39 Å². The van der Waals surface area contributed by atoms with Crippen LogP contribution in [0.3, 0.4) is 0 Å². The first kappa shape index (κ1) is 15.4. The molecule has 106 valence electrons. The van der Waals surface area contributed by atoms with E-state index in [0.29, 0.717) is 17.9 Å². The molecule has 1 amide bonds. The summed E-state index contributed by atoms with van der Waals surface area (Å²) in [6, 6.07) is 4.36. The maximum Gasteiger partial charge on any atom is 0.258 e. The van der Waals surface area contributed by atoms with Crippen LogP contribution in [-0.2, 0) is 11.3 Å². The predicted octanol–water partition coefficient (Wildman–Crippen LogP) is 1.84. The summed E-state index contributed by atoms with van der Waals surface area (Å²) < 4.78 is 18.6. The Balaban J connectivity index is 2.63. The van der Waals surface area contributed by atoms with Crippen molar-refractivity contribution in [3.05, 3.63) is 29.6 Å². The van der Waals surface area contributed by atoms with Crippen LogP contribution in [0.1, 0.15) is 26.3 Å². The second kappa shape index (κ2) is 7.74. The Morgan fingerprint density at radius 2 is 2.16 bits per heavy atom. The van der Waals surface area contributed by atoms with Crippen LogP contribution in [0.25, 0.3) is 0 Å². The summed E-state index contributed by atoms with van der Waals surface area (Å²) in [5, 5.41) is 5.84. The molecule has 0 radical (unpaired) electrons. The van der Waals surface area contributed by atoms with Gasteiger partial charge in [-0.3, -0.25) is 4.79 Å². The maximum atomic E-state index is 13.2. The van der Waals surface area contributed by atoms with Gasteiger partial charge in [-0.2, -0.15) is 0 Å². The van der Waals surface area contributed by atoms with Gasteiger partial charge in [0, 0.05) is 18.2 Å². The summed E-state index contributed by atoms with van der Waals surface area (Å²) in [6.45, 7) is 6.96. The van der Waals surface area contributed by atoms with Gasteiger partial charge in [-0.15, -0.1) is 0 Å². The summed E-state index contributed by atoms with van der Waals surface area (Å²) in [6.07, 6.45) is 0. The Labute approximate surface area is 113 Å². The molecule has 0 spiro atoms. The second-order valence-electron chi connectivity index (χ2n) is 4.54. The van der Waals surface area contributed by atoms with Gasteiger partial charge in [0.2, 0.25) is 0 Å². The number of halogens is 1. The number of ether oxygens (including phenoxy) is 1. The van der Waals surface area contributed by atoms with Crippen molar-refractivity contribution < 1.29 is 13.9 Å². The fraction of sp³-hybridized carbons (Fsp3) is 0.500. The monoisotopic (exact) mass is 268 g/mol. The molecule has 1 rings (SSSR count). The van der Waals surface area contributed by atoms with E-state index in [1.807, 2.05) is 20.8 Å². The van der Waals surface area contributed by atoms with E-state index in [1.54, 1.807) is 6.07 Å². The largest absolute Gasteiger partial charge is 0.483 e. The van der Waals surface area contributed by atoms with Gasteiger partial charge in [0.05, 0.1) is 0 Å². The van der Waals surface area contributed by atoms with E-state index in [2.05, 4.69) is 10.6 Å². The molecule has 4 nitrogen and oxygen atoms in total. The first-order valence-electron chi connectivity index (χ1n) is 6.44. The molecule has 0 saturated carbocycles. The van der Waals surface area contributed by atoms with Gasteiger partial charge >= 0.3 is 0 Å². The quantitative estimate of drug-likeness (QED) is 0.793. The number of rotatable bonds is 7. The molecule has 5 heteroatoms. The van der Waals surface area contributed by atoms with Gasteiger partial charge < -0.3 is 15.4 Å². The topological polar surface area (TPSA) is 50.4 Å². The van der Waals surface area contributed by atoms with Gasteiger partial charge in [0.1, 0.15) is 11.6 Å². The molecule has 1 aromatic rings. The van der Waals surface area contributed by atoms with Crippen LogP contribution in [-0.4, -0.2) is 25.1 Å². The fourth-order valence-electron chi connectivity index (χ4n) is 1.59. The number of hydrogen-bond acceptors (Lipinski definition) is 3. The molecule has 0 aliphatic heterocycles. The Bertz CT molecular complexity index is 422. The zero-order chi connectivity index (χ0) is 14.3. The molecular formula is C14H21FN2O2. The van der Waals surface area contributed by atoms with Crippen molar-refractivity contribution >= 4 is 5.91 Å². The van der Waals surface area contributed by atoms with Gasteiger partial charge in [0.25, 0.3) is 5.91 Å². The van der Waals surface area contributed by atoms with Crippen LogP contribution in [0, 0.1) is 5.82 Å². The standard InChI is InChI=1S/C14H21FN2O2/c1-4-16-8-11-7-12(15)5-6-13(11)19-9-14(18)17-10(2)3/h5-7,10,16H,4,8-9H2,1-3H3,(H,17,18). The lowest BCUT2D eigenvalue weighted by Gasteiger charge is -2.13. The molecule has 0 aromatic heterocycles. The number of hydrogen-bond donors (Lipinski definition) is 2. The van der Waals surface area contributed by atoms with Crippen molar-refractivity contribution in [3.63, 3.8) is 0 Å². The Morgan fingerprint density at radius 1 is 1.42 bits per heavy atom. The van der Waals surface area contributed by atoms with Crippen molar-refractivity contribution in [2.75, 3.05) is 13.2 Å². The van der Waals surface area contributed by atoms with Gasteiger partial charge in [0.15, 0.2) is 6.61 Å². The van der Waals surface area contributed by atoms with Crippen LogP contribution in [0.15, 0.2) is 18.2 Å². The van der Waals surface area contributed by atoms with E-state index in [-0.39, 0.29) is 24.4 Å². The Hall–Kier alpha value is -1.62. The molecule has 0 aliphatic rings. The third-order valence-corrected chi connectivity index (χ3v) is 2.40. The number of amides is 1. The van der Waals surface area contributed by atoms with E-state index in [1.165, 1.54) is 12.1 Å². The highest BCUT2D eigenvalue weighted by Crippen LogP contribution is 2.19. The molecule has 0 heterocycles. The highest BCUT2D eigenvalue weighted by Gasteiger charge is 2.08. The molecule has 1 aromatic carbocycles. The zero-order valence-electron chi connectivity index (χ0n) is 11.6. The molecule has 2 N–H and O–H groups in total. The number of carbonyl (C=O) groups excluding carboxylic acids is 1. The molecule has 0 fully saturated rings. The lowest BCUT2D eigenvalue weighted by molar-refractivity contribution is -0.123. The third-order valence-electron chi connectivity index (χ3n) is 2.40. The highest BCUT2D eigenvalue weighted by molar-refractivity contribution is 5.77. The molecule has 0 bridgehead atoms. The molecule has 0 unspecified atom stereocenters. The molecular weight excluding hydrogens is 247 g/mol. The molecule has 19 heavy (non-hydrogen) atoms. The van der Waals surface area contributed by atoms with Crippen LogP contribution >= 0.6 is 0 Å². The summed E-state index contributed by atoms with van der Waals surface area (Å²) >= 11 is 0. The average Bonchev–Trinajstić information content (AvgIpc) is 2.34. The minimum absolute atomic E-state index is 0.0665. The van der Waals surface area contributed by atoms with E-state index in [0.717, 1.165) is 6.54 Å². The van der Waals surface area contributed by atoms with Crippen LogP contribution < -0.4 is 15.4 Å². The van der Waals surface area contributed by atoms with Crippen LogP contribution in [0.5, 0.6) is 5.75 Å². The van der Waals surface area contributed by atoms with Gasteiger partial charge in [-0.1, -0.05) is 6.92 Å². The summed E-state index contributed by atoms with van der Waals surface area (Å²) in [7, 11) is 0.